The number of hydrogen-bond donors (Lipinski definition) is 2. The van der Waals surface area contributed by atoms with E-state index in [0.29, 0.717) is 29.6 Å². The van der Waals surface area contributed by atoms with Gasteiger partial charge in [-0.1, -0.05) is 12.1 Å². The Bertz CT molecular complexity index is 573. The number of rotatable bonds is 4. The number of hydrogen-bond acceptors (Lipinski definition) is 4. The molecule has 1 aromatic carbocycles. The van der Waals surface area contributed by atoms with Gasteiger partial charge >= 0.3 is 0 Å². The first kappa shape index (κ1) is 16.8. The van der Waals surface area contributed by atoms with Crippen LogP contribution in [0.4, 0.5) is 0 Å². The van der Waals surface area contributed by atoms with Crippen LogP contribution in [0, 0.1) is 0 Å². The summed E-state index contributed by atoms with van der Waals surface area (Å²) in [5.41, 5.74) is -0.360. The van der Waals surface area contributed by atoms with E-state index in [0.717, 1.165) is 5.56 Å². The molecule has 0 radical (unpaired) electrons. The van der Waals surface area contributed by atoms with Gasteiger partial charge < -0.3 is 24.8 Å². The van der Waals surface area contributed by atoms with Crippen molar-refractivity contribution in [3.05, 3.63) is 23.8 Å². The fourth-order valence-corrected chi connectivity index (χ4v) is 3.58. The Kier molecular flexibility index (Phi) is 4.54. The van der Waals surface area contributed by atoms with Crippen LogP contribution in [-0.4, -0.2) is 40.6 Å². The van der Waals surface area contributed by atoms with Crippen molar-refractivity contribution in [1.29, 1.82) is 0 Å². The number of aliphatic hydroxyl groups is 1. The van der Waals surface area contributed by atoms with Gasteiger partial charge in [-0.2, -0.15) is 0 Å². The monoisotopic (exact) mass is 324 g/mol. The van der Waals surface area contributed by atoms with Gasteiger partial charge in [0, 0.05) is 17.5 Å². The second-order valence-corrected chi connectivity index (χ2v) is 6.83. The Morgan fingerprint density at radius 2 is 1.95 bits per heavy atom. The van der Waals surface area contributed by atoms with Crippen LogP contribution < -0.4 is 14.8 Å². The summed E-state index contributed by atoms with van der Waals surface area (Å²) in [6, 6.07) is 5.69. The fraction of sp³-hybridized carbons (Fsp3) is 0.562. The summed E-state index contributed by atoms with van der Waals surface area (Å²) in [6.45, 7) is 6.28. The summed E-state index contributed by atoms with van der Waals surface area (Å²) in [6.07, 6.45) is 0.562. The maximum Gasteiger partial charge on any atom is 0.171 e. The lowest BCUT2D eigenvalue weighted by Crippen LogP contribution is -2.65. The molecule has 0 bridgehead atoms. The van der Waals surface area contributed by atoms with E-state index in [1.807, 2.05) is 32.0 Å². The Morgan fingerprint density at radius 3 is 2.50 bits per heavy atom. The molecule has 1 aromatic rings. The molecule has 0 saturated carbocycles. The SMILES string of the molecule is COc1cccc(CN2C(=S)NC(C)(C)CC2(C)O)c1OC. The fourth-order valence-electron chi connectivity index (χ4n) is 3.04. The normalized spacial score (nSPS) is 23.9. The highest BCUT2D eigenvalue weighted by Crippen LogP contribution is 2.35. The quantitative estimate of drug-likeness (QED) is 0.829. The molecule has 22 heavy (non-hydrogen) atoms. The molecule has 0 aliphatic carbocycles. The highest BCUT2D eigenvalue weighted by atomic mass is 32.1. The molecule has 2 rings (SSSR count). The third kappa shape index (κ3) is 3.28. The maximum atomic E-state index is 10.8. The van der Waals surface area contributed by atoms with Crippen molar-refractivity contribution in [2.24, 2.45) is 0 Å². The van der Waals surface area contributed by atoms with Gasteiger partial charge in [-0.15, -0.1) is 0 Å². The Morgan fingerprint density at radius 1 is 1.27 bits per heavy atom. The predicted molar refractivity (Wildman–Crippen MR) is 90.1 cm³/mol. The molecule has 5 nitrogen and oxygen atoms in total. The molecule has 1 atom stereocenters. The maximum absolute atomic E-state index is 10.8. The molecule has 1 heterocycles. The lowest BCUT2D eigenvalue weighted by molar-refractivity contribution is -0.0922. The molecule has 122 valence electrons. The number of methoxy groups -OCH3 is 2. The zero-order chi connectivity index (χ0) is 16.5. The van der Waals surface area contributed by atoms with E-state index >= 15 is 0 Å². The van der Waals surface area contributed by atoms with Crippen molar-refractivity contribution in [2.45, 2.75) is 45.0 Å². The third-order valence-electron chi connectivity index (χ3n) is 3.86. The average Bonchev–Trinajstić information content (AvgIpc) is 2.40. The van der Waals surface area contributed by atoms with Crippen LogP contribution in [-0.2, 0) is 6.54 Å². The Balaban J connectivity index is 2.32. The number of para-hydroxylation sites is 1. The zero-order valence-electron chi connectivity index (χ0n) is 13.8. The molecule has 0 aromatic heterocycles. The summed E-state index contributed by atoms with van der Waals surface area (Å²) in [7, 11) is 3.21. The number of benzene rings is 1. The lowest BCUT2D eigenvalue weighted by Gasteiger charge is -2.49. The van der Waals surface area contributed by atoms with E-state index in [4.69, 9.17) is 21.7 Å². The predicted octanol–water partition coefficient (Wildman–Crippen LogP) is 2.27. The van der Waals surface area contributed by atoms with E-state index in [2.05, 4.69) is 5.32 Å². The zero-order valence-corrected chi connectivity index (χ0v) is 14.6. The van der Waals surface area contributed by atoms with E-state index in [1.54, 1.807) is 26.0 Å². The van der Waals surface area contributed by atoms with E-state index in [9.17, 15) is 5.11 Å². The molecule has 1 saturated heterocycles. The first-order valence-corrected chi connectivity index (χ1v) is 7.63. The van der Waals surface area contributed by atoms with Gasteiger partial charge in [0.2, 0.25) is 0 Å². The van der Waals surface area contributed by atoms with Crippen molar-refractivity contribution in [3.63, 3.8) is 0 Å². The second kappa shape index (κ2) is 5.93. The molecule has 6 heteroatoms. The van der Waals surface area contributed by atoms with E-state index in [-0.39, 0.29) is 5.54 Å². The van der Waals surface area contributed by atoms with Gasteiger partial charge in [0.15, 0.2) is 16.6 Å². The van der Waals surface area contributed by atoms with Crippen LogP contribution in [0.1, 0.15) is 32.8 Å². The largest absolute Gasteiger partial charge is 0.493 e. The Labute approximate surface area is 137 Å². The summed E-state index contributed by atoms with van der Waals surface area (Å²) in [5.74, 6) is 1.32. The molecular formula is C16H24N2O3S. The highest BCUT2D eigenvalue weighted by Gasteiger charge is 2.43. The Hall–Kier alpha value is -1.53. The van der Waals surface area contributed by atoms with Crippen LogP contribution in [0.25, 0.3) is 0 Å². The molecule has 2 N–H and O–H groups in total. The van der Waals surface area contributed by atoms with Crippen molar-refractivity contribution < 1.29 is 14.6 Å². The van der Waals surface area contributed by atoms with Crippen LogP contribution >= 0.6 is 12.2 Å². The summed E-state index contributed by atoms with van der Waals surface area (Å²) in [5, 5.41) is 14.6. The van der Waals surface area contributed by atoms with E-state index in [1.165, 1.54) is 0 Å². The average molecular weight is 324 g/mol. The molecular weight excluding hydrogens is 300 g/mol. The van der Waals surface area contributed by atoms with Crippen LogP contribution in [0.15, 0.2) is 18.2 Å². The molecule has 0 amide bonds. The van der Waals surface area contributed by atoms with Gasteiger partial charge in [0.05, 0.1) is 20.8 Å². The van der Waals surface area contributed by atoms with Crippen molar-refractivity contribution in [1.82, 2.24) is 10.2 Å². The standard InChI is InChI=1S/C16H24N2O3S/c1-15(2)10-16(3,19)18(14(22)17-15)9-11-7-6-8-12(20-4)13(11)21-5/h6-8,19H,9-10H2,1-5H3,(H,17,22). The van der Waals surface area contributed by atoms with Gasteiger partial charge in [-0.05, 0) is 39.1 Å². The van der Waals surface area contributed by atoms with E-state index < -0.39 is 5.72 Å². The lowest BCUT2D eigenvalue weighted by atomic mass is 9.90. The molecule has 1 aliphatic rings. The summed E-state index contributed by atoms with van der Waals surface area (Å²) in [4.78, 5) is 1.78. The number of ether oxygens (including phenoxy) is 2. The van der Waals surface area contributed by atoms with Crippen molar-refractivity contribution >= 4 is 17.3 Å². The summed E-state index contributed by atoms with van der Waals surface area (Å²) < 4.78 is 10.8. The second-order valence-electron chi connectivity index (χ2n) is 6.45. The topological polar surface area (TPSA) is 54.0 Å². The minimum Gasteiger partial charge on any atom is -0.493 e. The molecule has 1 fully saturated rings. The first-order valence-electron chi connectivity index (χ1n) is 7.22. The van der Waals surface area contributed by atoms with Crippen LogP contribution in [0.2, 0.25) is 0 Å². The number of thiocarbonyl (C=S) groups is 1. The van der Waals surface area contributed by atoms with Crippen molar-refractivity contribution in [3.8, 4) is 11.5 Å². The minimum atomic E-state index is -1.03. The van der Waals surface area contributed by atoms with Gasteiger partial charge in [-0.25, -0.2) is 0 Å². The van der Waals surface area contributed by atoms with Gasteiger partial charge in [-0.3, -0.25) is 0 Å². The van der Waals surface area contributed by atoms with Gasteiger partial charge in [0.1, 0.15) is 5.72 Å². The first-order chi connectivity index (χ1) is 10.2. The highest BCUT2D eigenvalue weighted by molar-refractivity contribution is 7.80. The molecule has 0 spiro atoms. The number of nitrogens with one attached hydrogen (secondary N) is 1. The summed E-state index contributed by atoms with van der Waals surface area (Å²) >= 11 is 5.45. The van der Waals surface area contributed by atoms with Crippen molar-refractivity contribution in [2.75, 3.05) is 14.2 Å². The van der Waals surface area contributed by atoms with Gasteiger partial charge in [0.25, 0.3) is 0 Å². The van der Waals surface area contributed by atoms with Crippen LogP contribution in [0.3, 0.4) is 0 Å². The molecule has 1 unspecified atom stereocenters. The number of nitrogens with zero attached hydrogens (tertiary/aromatic N) is 1. The third-order valence-corrected chi connectivity index (χ3v) is 4.18. The van der Waals surface area contributed by atoms with Crippen LogP contribution in [0.5, 0.6) is 11.5 Å². The molecule has 1 aliphatic heterocycles. The minimum absolute atomic E-state index is 0.241. The smallest absolute Gasteiger partial charge is 0.171 e.